The minimum atomic E-state index is 0.258. The highest BCUT2D eigenvalue weighted by atomic mass is 79.9. The van der Waals surface area contributed by atoms with Crippen LogP contribution in [0.2, 0.25) is 0 Å². The van der Waals surface area contributed by atoms with E-state index in [9.17, 15) is 5.11 Å². The van der Waals surface area contributed by atoms with Crippen LogP contribution < -0.4 is 14.8 Å². The fourth-order valence-electron chi connectivity index (χ4n) is 1.83. The molecule has 0 aliphatic heterocycles. The van der Waals surface area contributed by atoms with Crippen LogP contribution in [0.5, 0.6) is 17.2 Å². The van der Waals surface area contributed by atoms with E-state index in [4.69, 9.17) is 9.47 Å². The number of nitrogens with one attached hydrogen (secondary N) is 1. The molecule has 0 fully saturated rings. The second-order valence-electron chi connectivity index (χ2n) is 4.19. The largest absolute Gasteiger partial charge is 0.508 e. The zero-order chi connectivity index (χ0) is 14.5. The first-order valence-corrected chi connectivity index (χ1v) is 6.86. The van der Waals surface area contributed by atoms with E-state index in [0.717, 1.165) is 21.5 Å². The SMILES string of the molecule is COc1ccc(NCc2cc(Br)ccc2O)c(OC)c1. The van der Waals surface area contributed by atoms with Crippen molar-refractivity contribution < 1.29 is 14.6 Å². The Hall–Kier alpha value is -1.88. The van der Waals surface area contributed by atoms with E-state index >= 15 is 0 Å². The van der Waals surface area contributed by atoms with Crippen LogP contribution in [-0.4, -0.2) is 19.3 Å². The van der Waals surface area contributed by atoms with E-state index in [1.54, 1.807) is 26.4 Å². The average molecular weight is 338 g/mol. The molecule has 0 amide bonds. The molecule has 0 radical (unpaired) electrons. The molecule has 0 saturated heterocycles. The van der Waals surface area contributed by atoms with Gasteiger partial charge in [-0.2, -0.15) is 0 Å². The molecule has 2 N–H and O–H groups in total. The Bertz CT molecular complexity index is 602. The van der Waals surface area contributed by atoms with Crippen LogP contribution in [0.25, 0.3) is 0 Å². The highest BCUT2D eigenvalue weighted by molar-refractivity contribution is 9.10. The van der Waals surface area contributed by atoms with Gasteiger partial charge in [-0.15, -0.1) is 0 Å². The van der Waals surface area contributed by atoms with Gasteiger partial charge in [0.2, 0.25) is 0 Å². The maximum Gasteiger partial charge on any atom is 0.145 e. The van der Waals surface area contributed by atoms with E-state index in [1.807, 2.05) is 24.3 Å². The number of phenolic OH excluding ortho intramolecular Hbond substituents is 1. The molecule has 0 bridgehead atoms. The van der Waals surface area contributed by atoms with Gasteiger partial charge in [0.05, 0.1) is 19.9 Å². The van der Waals surface area contributed by atoms with Crippen LogP contribution in [0.3, 0.4) is 0 Å². The Morgan fingerprint density at radius 1 is 1.10 bits per heavy atom. The zero-order valence-electron chi connectivity index (χ0n) is 11.3. The number of ether oxygens (including phenoxy) is 2. The van der Waals surface area contributed by atoms with E-state index in [-0.39, 0.29) is 5.75 Å². The fraction of sp³-hybridized carbons (Fsp3) is 0.200. The van der Waals surface area contributed by atoms with Crippen LogP contribution in [0.1, 0.15) is 5.56 Å². The van der Waals surface area contributed by atoms with E-state index < -0.39 is 0 Å². The fourth-order valence-corrected chi connectivity index (χ4v) is 2.24. The summed E-state index contributed by atoms with van der Waals surface area (Å²) in [4.78, 5) is 0. The number of halogens is 1. The number of phenols is 1. The van der Waals surface area contributed by atoms with Crippen LogP contribution in [-0.2, 0) is 6.54 Å². The van der Waals surface area contributed by atoms with Crippen LogP contribution >= 0.6 is 15.9 Å². The maximum absolute atomic E-state index is 9.81. The molecule has 0 saturated carbocycles. The molecule has 0 heterocycles. The molecular formula is C15H16BrNO3. The number of methoxy groups -OCH3 is 2. The topological polar surface area (TPSA) is 50.7 Å². The lowest BCUT2D eigenvalue weighted by Gasteiger charge is -2.13. The van der Waals surface area contributed by atoms with Crippen molar-refractivity contribution in [1.29, 1.82) is 0 Å². The summed E-state index contributed by atoms with van der Waals surface area (Å²) in [5, 5.41) is 13.0. The van der Waals surface area contributed by atoms with Crippen molar-refractivity contribution in [2.75, 3.05) is 19.5 Å². The van der Waals surface area contributed by atoms with Gasteiger partial charge >= 0.3 is 0 Å². The molecule has 5 heteroatoms. The number of benzene rings is 2. The number of anilines is 1. The zero-order valence-corrected chi connectivity index (χ0v) is 12.9. The normalized spacial score (nSPS) is 10.2. The lowest BCUT2D eigenvalue weighted by molar-refractivity contribution is 0.395. The third kappa shape index (κ3) is 3.36. The van der Waals surface area contributed by atoms with Gasteiger partial charge in [0.15, 0.2) is 0 Å². The van der Waals surface area contributed by atoms with Gasteiger partial charge in [-0.25, -0.2) is 0 Å². The molecule has 106 valence electrons. The predicted octanol–water partition coefficient (Wildman–Crippen LogP) is 3.78. The average Bonchev–Trinajstić information content (AvgIpc) is 2.48. The Morgan fingerprint density at radius 2 is 1.90 bits per heavy atom. The van der Waals surface area contributed by atoms with E-state index in [0.29, 0.717) is 12.3 Å². The summed E-state index contributed by atoms with van der Waals surface area (Å²) < 4.78 is 11.4. The van der Waals surface area contributed by atoms with Crippen molar-refractivity contribution >= 4 is 21.6 Å². The quantitative estimate of drug-likeness (QED) is 0.871. The standard InChI is InChI=1S/C15H16BrNO3/c1-19-12-4-5-13(15(8-12)20-2)17-9-10-7-11(16)3-6-14(10)18/h3-8,17-18H,9H2,1-2H3. The van der Waals surface area contributed by atoms with Crippen LogP contribution in [0, 0.1) is 0 Å². The second kappa shape index (κ2) is 6.52. The van der Waals surface area contributed by atoms with Crippen LogP contribution in [0.4, 0.5) is 5.69 Å². The van der Waals surface area contributed by atoms with Gasteiger partial charge in [-0.3, -0.25) is 0 Å². The lowest BCUT2D eigenvalue weighted by Crippen LogP contribution is -2.02. The number of hydrogen-bond acceptors (Lipinski definition) is 4. The molecule has 0 aromatic heterocycles. The molecule has 0 aliphatic rings. The molecule has 0 unspecified atom stereocenters. The van der Waals surface area contributed by atoms with Crippen LogP contribution in [0.15, 0.2) is 40.9 Å². The van der Waals surface area contributed by atoms with Crippen molar-refractivity contribution in [3.05, 3.63) is 46.4 Å². The summed E-state index contributed by atoms with van der Waals surface area (Å²) in [6.45, 7) is 0.494. The third-order valence-corrected chi connectivity index (χ3v) is 3.41. The van der Waals surface area contributed by atoms with Crippen molar-refractivity contribution in [3.63, 3.8) is 0 Å². The summed E-state index contributed by atoms with van der Waals surface area (Å²) in [7, 11) is 3.22. The minimum absolute atomic E-state index is 0.258. The summed E-state index contributed by atoms with van der Waals surface area (Å²) in [6.07, 6.45) is 0. The van der Waals surface area contributed by atoms with Gasteiger partial charge in [0, 0.05) is 22.6 Å². The van der Waals surface area contributed by atoms with Gasteiger partial charge in [0.1, 0.15) is 17.2 Å². The molecule has 0 spiro atoms. The monoisotopic (exact) mass is 337 g/mol. The number of rotatable bonds is 5. The molecular weight excluding hydrogens is 322 g/mol. The summed E-state index contributed by atoms with van der Waals surface area (Å²) >= 11 is 3.39. The molecule has 2 rings (SSSR count). The van der Waals surface area contributed by atoms with Gasteiger partial charge < -0.3 is 19.9 Å². The molecule has 4 nitrogen and oxygen atoms in total. The summed E-state index contributed by atoms with van der Waals surface area (Å²) in [5.74, 6) is 1.68. The highest BCUT2D eigenvalue weighted by Gasteiger charge is 2.07. The van der Waals surface area contributed by atoms with Gasteiger partial charge in [-0.05, 0) is 30.3 Å². The van der Waals surface area contributed by atoms with Gasteiger partial charge in [0.25, 0.3) is 0 Å². The van der Waals surface area contributed by atoms with Crippen molar-refractivity contribution in [2.24, 2.45) is 0 Å². The third-order valence-electron chi connectivity index (χ3n) is 2.92. The van der Waals surface area contributed by atoms with E-state index in [2.05, 4.69) is 21.2 Å². The molecule has 20 heavy (non-hydrogen) atoms. The summed E-state index contributed by atoms with van der Waals surface area (Å²) in [6, 6.07) is 10.9. The maximum atomic E-state index is 9.81. The molecule has 0 atom stereocenters. The first-order valence-electron chi connectivity index (χ1n) is 6.07. The van der Waals surface area contributed by atoms with Crippen molar-refractivity contribution in [1.82, 2.24) is 0 Å². The number of hydrogen-bond donors (Lipinski definition) is 2. The smallest absolute Gasteiger partial charge is 0.145 e. The van der Waals surface area contributed by atoms with E-state index in [1.165, 1.54) is 0 Å². The van der Waals surface area contributed by atoms with Gasteiger partial charge in [-0.1, -0.05) is 15.9 Å². The lowest BCUT2D eigenvalue weighted by atomic mass is 10.2. The Kier molecular flexibility index (Phi) is 4.74. The van der Waals surface area contributed by atoms with Crippen molar-refractivity contribution in [3.8, 4) is 17.2 Å². The molecule has 2 aromatic rings. The Balaban J connectivity index is 2.16. The predicted molar refractivity (Wildman–Crippen MR) is 82.7 cm³/mol. The second-order valence-corrected chi connectivity index (χ2v) is 5.11. The minimum Gasteiger partial charge on any atom is -0.508 e. The molecule has 0 aliphatic carbocycles. The molecule has 2 aromatic carbocycles. The Morgan fingerprint density at radius 3 is 2.60 bits per heavy atom. The van der Waals surface area contributed by atoms with Crippen molar-refractivity contribution in [2.45, 2.75) is 6.54 Å². The first kappa shape index (κ1) is 14.5. The Labute approximate surface area is 126 Å². The number of aromatic hydroxyl groups is 1. The summed E-state index contributed by atoms with van der Waals surface area (Å²) in [5.41, 5.74) is 1.64. The first-order chi connectivity index (χ1) is 9.63. The highest BCUT2D eigenvalue weighted by Crippen LogP contribution is 2.30.